The van der Waals surface area contributed by atoms with Crippen LogP contribution in [0.2, 0.25) is 0 Å². The van der Waals surface area contributed by atoms with Crippen molar-refractivity contribution >= 4 is 5.82 Å². The lowest BCUT2D eigenvalue weighted by Crippen LogP contribution is -2.32. The zero-order valence-electron chi connectivity index (χ0n) is 11.2. The Bertz CT molecular complexity index is 697. The third-order valence-electron chi connectivity index (χ3n) is 3.51. The van der Waals surface area contributed by atoms with Crippen molar-refractivity contribution in [1.29, 1.82) is 0 Å². The van der Waals surface area contributed by atoms with E-state index in [1.54, 1.807) is 4.90 Å². The molecule has 3 nitrogen and oxygen atoms in total. The Morgan fingerprint density at radius 2 is 1.82 bits per heavy atom. The van der Waals surface area contributed by atoms with Crippen LogP contribution in [0, 0.1) is 11.6 Å². The Kier molecular flexibility index (Phi) is 3.46. The van der Waals surface area contributed by atoms with Crippen LogP contribution in [0.15, 0.2) is 24.3 Å². The van der Waals surface area contributed by atoms with E-state index in [0.29, 0.717) is 24.1 Å². The maximum Gasteiger partial charge on any atom is 0.435 e. The maximum absolute atomic E-state index is 13.6. The van der Waals surface area contributed by atoms with E-state index >= 15 is 0 Å². The fourth-order valence-corrected chi connectivity index (χ4v) is 2.45. The molecule has 2 heterocycles. The van der Waals surface area contributed by atoms with Gasteiger partial charge in [0.05, 0.1) is 0 Å². The van der Waals surface area contributed by atoms with Gasteiger partial charge in [0, 0.05) is 19.2 Å². The van der Waals surface area contributed by atoms with Gasteiger partial charge in [-0.15, -0.1) is 10.2 Å². The Morgan fingerprint density at radius 1 is 1.05 bits per heavy atom. The zero-order valence-corrected chi connectivity index (χ0v) is 11.2. The lowest BCUT2D eigenvalue weighted by Gasteiger charge is -2.29. The number of anilines is 1. The summed E-state index contributed by atoms with van der Waals surface area (Å²) in [5.74, 6) is -1.05. The number of alkyl halides is 3. The lowest BCUT2D eigenvalue weighted by molar-refractivity contribution is -0.141. The fourth-order valence-electron chi connectivity index (χ4n) is 2.45. The summed E-state index contributed by atoms with van der Waals surface area (Å²) in [5, 5.41) is 6.71. The average molecular weight is 315 g/mol. The summed E-state index contributed by atoms with van der Waals surface area (Å²) in [6.07, 6.45) is -4.23. The van der Waals surface area contributed by atoms with Crippen molar-refractivity contribution in [2.75, 3.05) is 11.4 Å². The van der Waals surface area contributed by atoms with Gasteiger partial charge in [0.15, 0.2) is 11.5 Å². The molecule has 0 aliphatic carbocycles. The van der Waals surface area contributed by atoms with Gasteiger partial charge in [-0.2, -0.15) is 13.2 Å². The van der Waals surface area contributed by atoms with Crippen molar-refractivity contribution in [3.8, 4) is 0 Å². The minimum atomic E-state index is -4.55. The molecular formula is C14H10F5N3. The van der Waals surface area contributed by atoms with Crippen molar-refractivity contribution in [3.63, 3.8) is 0 Å². The zero-order chi connectivity index (χ0) is 15.9. The Labute approximate surface area is 122 Å². The van der Waals surface area contributed by atoms with Crippen LogP contribution in [0.4, 0.5) is 27.8 Å². The van der Waals surface area contributed by atoms with E-state index in [0.717, 1.165) is 12.1 Å². The number of fused-ring (bicyclic) bond motifs is 1. The Morgan fingerprint density at radius 3 is 2.45 bits per heavy atom. The van der Waals surface area contributed by atoms with Crippen molar-refractivity contribution in [1.82, 2.24) is 10.2 Å². The highest BCUT2D eigenvalue weighted by atomic mass is 19.4. The second-order valence-electron chi connectivity index (χ2n) is 4.97. The van der Waals surface area contributed by atoms with Crippen LogP contribution in [-0.4, -0.2) is 16.7 Å². The van der Waals surface area contributed by atoms with E-state index in [9.17, 15) is 22.0 Å². The first-order valence-corrected chi connectivity index (χ1v) is 6.47. The molecule has 1 aliphatic heterocycles. The van der Waals surface area contributed by atoms with Crippen LogP contribution in [0.1, 0.15) is 16.8 Å². The highest BCUT2D eigenvalue weighted by molar-refractivity contribution is 5.44. The van der Waals surface area contributed by atoms with Crippen LogP contribution in [0.5, 0.6) is 0 Å². The summed E-state index contributed by atoms with van der Waals surface area (Å²) in [4.78, 5) is 1.63. The molecule has 0 unspecified atom stereocenters. The number of rotatable bonds is 1. The van der Waals surface area contributed by atoms with E-state index in [-0.39, 0.29) is 12.4 Å². The third kappa shape index (κ3) is 2.72. The number of hydrogen-bond donors (Lipinski definition) is 0. The molecule has 0 bridgehead atoms. The summed E-state index contributed by atoms with van der Waals surface area (Å²) in [6, 6.07) is 4.09. The number of aromatic nitrogens is 2. The van der Waals surface area contributed by atoms with Crippen molar-refractivity contribution in [2.24, 2.45) is 0 Å². The maximum atomic E-state index is 13.6. The van der Waals surface area contributed by atoms with Crippen LogP contribution in [-0.2, 0) is 19.1 Å². The molecule has 0 saturated carbocycles. The van der Waals surface area contributed by atoms with Crippen LogP contribution < -0.4 is 4.90 Å². The SMILES string of the molecule is Fc1cc(F)c2c(c1)CN(c1ccc(C(F)(F)F)nn1)CC2. The first-order chi connectivity index (χ1) is 10.3. The normalized spacial score (nSPS) is 14.9. The predicted octanol–water partition coefficient (Wildman–Crippen LogP) is 3.34. The van der Waals surface area contributed by atoms with Gasteiger partial charge in [-0.1, -0.05) is 0 Å². The first kappa shape index (κ1) is 14.7. The van der Waals surface area contributed by atoms with E-state index in [2.05, 4.69) is 10.2 Å². The fraction of sp³-hybridized carbons (Fsp3) is 0.286. The molecule has 1 aliphatic rings. The van der Waals surface area contributed by atoms with Gasteiger partial charge in [0.1, 0.15) is 11.6 Å². The topological polar surface area (TPSA) is 29.0 Å². The Hall–Kier alpha value is -2.25. The molecule has 0 fully saturated rings. The minimum absolute atomic E-state index is 0.171. The average Bonchev–Trinajstić information content (AvgIpc) is 2.45. The predicted molar refractivity (Wildman–Crippen MR) is 68.1 cm³/mol. The van der Waals surface area contributed by atoms with Crippen molar-refractivity contribution in [2.45, 2.75) is 19.1 Å². The number of hydrogen-bond acceptors (Lipinski definition) is 3. The molecule has 0 amide bonds. The molecule has 8 heteroatoms. The molecule has 1 aromatic carbocycles. The molecule has 0 atom stereocenters. The quantitative estimate of drug-likeness (QED) is 0.756. The molecular weight excluding hydrogens is 305 g/mol. The van der Waals surface area contributed by atoms with Crippen LogP contribution in [0.3, 0.4) is 0 Å². The molecule has 0 radical (unpaired) electrons. The standard InChI is InChI=1S/C14H10F5N3/c15-9-5-8-7-22(4-3-10(8)11(16)6-9)13-2-1-12(20-21-13)14(17,18)19/h1-2,5-6H,3-4,7H2. The first-order valence-electron chi connectivity index (χ1n) is 6.47. The monoisotopic (exact) mass is 315 g/mol. The van der Waals surface area contributed by atoms with E-state index in [1.807, 2.05) is 0 Å². The summed E-state index contributed by atoms with van der Waals surface area (Å²) in [7, 11) is 0. The van der Waals surface area contributed by atoms with Gasteiger partial charge in [0.25, 0.3) is 0 Å². The molecule has 2 aromatic rings. The van der Waals surface area contributed by atoms with Crippen LogP contribution in [0.25, 0.3) is 0 Å². The van der Waals surface area contributed by atoms with Gasteiger partial charge in [-0.3, -0.25) is 0 Å². The molecule has 3 rings (SSSR count). The van der Waals surface area contributed by atoms with Gasteiger partial charge in [0.2, 0.25) is 0 Å². The summed E-state index contributed by atoms with van der Waals surface area (Å²) < 4.78 is 64.2. The second kappa shape index (κ2) is 5.19. The van der Waals surface area contributed by atoms with Crippen LogP contribution >= 0.6 is 0 Å². The van der Waals surface area contributed by atoms with Gasteiger partial charge < -0.3 is 4.90 Å². The number of halogens is 5. The summed E-state index contributed by atoms with van der Waals surface area (Å²) in [5.41, 5.74) is -0.186. The smallest absolute Gasteiger partial charge is 0.350 e. The second-order valence-corrected chi connectivity index (χ2v) is 4.97. The van der Waals surface area contributed by atoms with Crippen molar-refractivity contribution < 1.29 is 22.0 Å². The molecule has 22 heavy (non-hydrogen) atoms. The molecule has 0 saturated heterocycles. The number of nitrogens with zero attached hydrogens (tertiary/aromatic N) is 3. The minimum Gasteiger partial charge on any atom is -0.350 e. The molecule has 0 spiro atoms. The Balaban J connectivity index is 1.85. The van der Waals surface area contributed by atoms with E-state index < -0.39 is 23.5 Å². The highest BCUT2D eigenvalue weighted by Gasteiger charge is 2.33. The van der Waals surface area contributed by atoms with Crippen molar-refractivity contribution in [3.05, 3.63) is 52.7 Å². The molecule has 1 aromatic heterocycles. The van der Waals surface area contributed by atoms with Gasteiger partial charge in [-0.25, -0.2) is 8.78 Å². The number of benzene rings is 1. The van der Waals surface area contributed by atoms with Gasteiger partial charge >= 0.3 is 6.18 Å². The van der Waals surface area contributed by atoms with E-state index in [4.69, 9.17) is 0 Å². The van der Waals surface area contributed by atoms with Gasteiger partial charge in [-0.05, 0) is 35.7 Å². The summed E-state index contributed by atoms with van der Waals surface area (Å²) in [6.45, 7) is 0.541. The molecule has 116 valence electrons. The third-order valence-corrected chi connectivity index (χ3v) is 3.51. The molecule has 0 N–H and O–H groups in total. The van der Waals surface area contributed by atoms with E-state index in [1.165, 1.54) is 12.1 Å². The summed E-state index contributed by atoms with van der Waals surface area (Å²) >= 11 is 0. The lowest BCUT2D eigenvalue weighted by atomic mass is 9.99. The largest absolute Gasteiger partial charge is 0.435 e. The highest BCUT2D eigenvalue weighted by Crippen LogP contribution is 2.29.